The number of hydrogen-bond donors (Lipinski definition) is 2. The number of pyridine rings is 1. The monoisotopic (exact) mass is 391 g/mol. The van der Waals surface area contributed by atoms with Crippen molar-refractivity contribution in [3.05, 3.63) is 77.5 Å². The van der Waals surface area contributed by atoms with Crippen molar-refractivity contribution in [2.45, 2.75) is 13.8 Å². The number of nitrogens with one attached hydrogen (secondary N) is 2. The highest BCUT2D eigenvalue weighted by molar-refractivity contribution is 5.94. The molecule has 1 heterocycles. The molecular weight excluding hydrogens is 366 g/mol. The highest BCUT2D eigenvalue weighted by Gasteiger charge is 2.07. The summed E-state index contributed by atoms with van der Waals surface area (Å²) in [5.74, 6) is 1.95. The first-order valence-corrected chi connectivity index (χ1v) is 9.40. The molecule has 1 aromatic heterocycles. The first-order valence-electron chi connectivity index (χ1n) is 9.40. The second kappa shape index (κ2) is 9.59. The lowest BCUT2D eigenvalue weighted by atomic mass is 10.1. The van der Waals surface area contributed by atoms with E-state index < -0.39 is 0 Å². The normalized spacial score (nSPS) is 10.3. The minimum atomic E-state index is -0.172. The molecule has 150 valence electrons. The second-order valence-electron chi connectivity index (χ2n) is 6.71. The van der Waals surface area contributed by atoms with E-state index in [-0.39, 0.29) is 5.91 Å². The van der Waals surface area contributed by atoms with Crippen LogP contribution in [0.1, 0.15) is 21.5 Å². The predicted molar refractivity (Wildman–Crippen MR) is 114 cm³/mol. The Kier molecular flexibility index (Phi) is 6.68. The fourth-order valence-corrected chi connectivity index (χ4v) is 2.94. The number of anilines is 2. The highest BCUT2D eigenvalue weighted by atomic mass is 16.5. The molecule has 1 amide bonds. The van der Waals surface area contributed by atoms with Crippen molar-refractivity contribution in [3.63, 3.8) is 0 Å². The average Bonchev–Trinajstić information content (AvgIpc) is 2.71. The number of ether oxygens (including phenoxy) is 2. The van der Waals surface area contributed by atoms with E-state index >= 15 is 0 Å². The van der Waals surface area contributed by atoms with Gasteiger partial charge in [0, 0.05) is 17.4 Å². The van der Waals surface area contributed by atoms with Gasteiger partial charge in [0.15, 0.2) is 0 Å². The first-order chi connectivity index (χ1) is 14.0. The van der Waals surface area contributed by atoms with Gasteiger partial charge in [-0.2, -0.15) is 0 Å². The van der Waals surface area contributed by atoms with Crippen molar-refractivity contribution in [2.75, 3.05) is 25.6 Å². The molecule has 29 heavy (non-hydrogen) atoms. The fraction of sp³-hybridized carbons (Fsp3) is 0.217. The molecular formula is C23H25N3O3. The number of amides is 1. The lowest BCUT2D eigenvalue weighted by molar-refractivity contribution is 0.0947. The Morgan fingerprint density at radius 2 is 1.66 bits per heavy atom. The summed E-state index contributed by atoms with van der Waals surface area (Å²) in [6.45, 7) is 4.86. The van der Waals surface area contributed by atoms with Crippen molar-refractivity contribution >= 4 is 17.4 Å². The number of hydrogen-bond acceptors (Lipinski definition) is 5. The largest absolute Gasteiger partial charge is 0.497 e. The summed E-state index contributed by atoms with van der Waals surface area (Å²) in [5, 5.41) is 6.11. The quantitative estimate of drug-likeness (QED) is 0.562. The van der Waals surface area contributed by atoms with Crippen LogP contribution < -0.4 is 20.1 Å². The Balaban J connectivity index is 1.52. The van der Waals surface area contributed by atoms with Crippen LogP contribution in [0.3, 0.4) is 0 Å². The Hall–Kier alpha value is -3.54. The molecule has 0 saturated carbocycles. The van der Waals surface area contributed by atoms with Gasteiger partial charge >= 0.3 is 0 Å². The van der Waals surface area contributed by atoms with Gasteiger partial charge in [-0.25, -0.2) is 4.98 Å². The van der Waals surface area contributed by atoms with E-state index in [0.29, 0.717) is 24.5 Å². The Morgan fingerprint density at radius 3 is 2.34 bits per heavy atom. The van der Waals surface area contributed by atoms with E-state index in [1.54, 1.807) is 25.4 Å². The van der Waals surface area contributed by atoms with Crippen LogP contribution in [0.15, 0.2) is 60.8 Å². The molecule has 0 spiro atoms. The van der Waals surface area contributed by atoms with Crippen LogP contribution in [0, 0.1) is 13.8 Å². The number of nitrogens with zero attached hydrogens (tertiary/aromatic N) is 1. The van der Waals surface area contributed by atoms with Gasteiger partial charge in [0.2, 0.25) is 0 Å². The van der Waals surface area contributed by atoms with Gasteiger partial charge in [-0.3, -0.25) is 4.79 Å². The van der Waals surface area contributed by atoms with E-state index in [9.17, 15) is 4.79 Å². The summed E-state index contributed by atoms with van der Waals surface area (Å²) >= 11 is 0. The summed E-state index contributed by atoms with van der Waals surface area (Å²) in [7, 11) is 1.62. The summed E-state index contributed by atoms with van der Waals surface area (Å²) in [6, 6.07) is 16.9. The molecule has 0 bridgehead atoms. The molecule has 0 saturated heterocycles. The molecule has 0 atom stereocenters. The molecule has 6 heteroatoms. The topological polar surface area (TPSA) is 72.5 Å². The predicted octanol–water partition coefficient (Wildman–Crippen LogP) is 4.26. The molecule has 2 N–H and O–H groups in total. The summed E-state index contributed by atoms with van der Waals surface area (Å²) in [4.78, 5) is 16.7. The smallest absolute Gasteiger partial charge is 0.251 e. The second-order valence-corrected chi connectivity index (χ2v) is 6.71. The van der Waals surface area contributed by atoms with Gasteiger partial charge in [0.25, 0.3) is 5.91 Å². The van der Waals surface area contributed by atoms with Gasteiger partial charge in [-0.15, -0.1) is 0 Å². The molecule has 2 aromatic carbocycles. The van der Waals surface area contributed by atoms with Crippen LogP contribution in [-0.4, -0.2) is 31.2 Å². The first kappa shape index (κ1) is 20.2. The van der Waals surface area contributed by atoms with Crippen LogP contribution in [-0.2, 0) is 0 Å². The SMILES string of the molecule is COc1ccc(OCCNC(=O)c2ccnc(Nc3cc(C)cc(C)c3)c2)cc1. The number of aryl methyl sites for hydroxylation is 2. The third kappa shape index (κ3) is 5.97. The molecule has 0 unspecified atom stereocenters. The van der Waals surface area contributed by atoms with Crippen molar-refractivity contribution < 1.29 is 14.3 Å². The zero-order valence-corrected chi connectivity index (χ0v) is 16.9. The van der Waals surface area contributed by atoms with E-state index in [4.69, 9.17) is 9.47 Å². The molecule has 0 aliphatic rings. The van der Waals surface area contributed by atoms with Gasteiger partial charge in [0.1, 0.15) is 23.9 Å². The van der Waals surface area contributed by atoms with Gasteiger partial charge in [-0.1, -0.05) is 6.07 Å². The molecule has 0 aliphatic carbocycles. The van der Waals surface area contributed by atoms with Crippen LogP contribution >= 0.6 is 0 Å². The molecule has 3 aromatic rings. The fourth-order valence-electron chi connectivity index (χ4n) is 2.94. The third-order valence-corrected chi connectivity index (χ3v) is 4.23. The molecule has 0 aliphatic heterocycles. The van der Waals surface area contributed by atoms with Crippen molar-refractivity contribution in [2.24, 2.45) is 0 Å². The number of carbonyl (C=O) groups is 1. The van der Waals surface area contributed by atoms with Crippen molar-refractivity contribution in [1.82, 2.24) is 10.3 Å². The maximum Gasteiger partial charge on any atom is 0.251 e. The number of aromatic nitrogens is 1. The van der Waals surface area contributed by atoms with E-state index in [1.807, 2.05) is 50.2 Å². The lowest BCUT2D eigenvalue weighted by Gasteiger charge is -2.10. The number of rotatable bonds is 8. The Labute approximate surface area is 170 Å². The maximum absolute atomic E-state index is 12.4. The van der Waals surface area contributed by atoms with Crippen LogP contribution in [0.4, 0.5) is 11.5 Å². The van der Waals surface area contributed by atoms with E-state index in [1.165, 1.54) is 11.1 Å². The summed E-state index contributed by atoms with van der Waals surface area (Å²) in [6.07, 6.45) is 1.62. The average molecular weight is 391 g/mol. The number of carbonyl (C=O) groups excluding carboxylic acids is 1. The molecule has 6 nitrogen and oxygen atoms in total. The Morgan fingerprint density at radius 1 is 0.966 bits per heavy atom. The van der Waals surface area contributed by atoms with Crippen molar-refractivity contribution in [1.29, 1.82) is 0 Å². The number of methoxy groups -OCH3 is 1. The summed E-state index contributed by atoms with van der Waals surface area (Å²) in [5.41, 5.74) is 3.81. The zero-order valence-electron chi connectivity index (χ0n) is 16.9. The maximum atomic E-state index is 12.4. The van der Waals surface area contributed by atoms with Crippen LogP contribution in [0.2, 0.25) is 0 Å². The van der Waals surface area contributed by atoms with Crippen molar-refractivity contribution in [3.8, 4) is 11.5 Å². The Bertz CT molecular complexity index is 951. The minimum absolute atomic E-state index is 0.172. The summed E-state index contributed by atoms with van der Waals surface area (Å²) < 4.78 is 10.7. The molecule has 0 radical (unpaired) electrons. The van der Waals surface area contributed by atoms with Gasteiger partial charge in [0.05, 0.1) is 13.7 Å². The van der Waals surface area contributed by atoms with Crippen LogP contribution in [0.5, 0.6) is 11.5 Å². The molecule has 0 fully saturated rings. The highest BCUT2D eigenvalue weighted by Crippen LogP contribution is 2.19. The lowest BCUT2D eigenvalue weighted by Crippen LogP contribution is -2.28. The standard InChI is InChI=1S/C23H25N3O3/c1-16-12-17(2)14-19(13-16)26-22-15-18(8-9-24-22)23(27)25-10-11-29-21-6-4-20(28-3)5-7-21/h4-9,12-15H,10-11H2,1-3H3,(H,24,26)(H,25,27). The van der Waals surface area contributed by atoms with E-state index in [0.717, 1.165) is 17.2 Å². The zero-order chi connectivity index (χ0) is 20.6. The van der Waals surface area contributed by atoms with Gasteiger partial charge < -0.3 is 20.1 Å². The minimum Gasteiger partial charge on any atom is -0.497 e. The van der Waals surface area contributed by atoms with Gasteiger partial charge in [-0.05, 0) is 73.5 Å². The van der Waals surface area contributed by atoms with Crippen LogP contribution in [0.25, 0.3) is 0 Å². The molecule has 3 rings (SSSR count). The third-order valence-electron chi connectivity index (χ3n) is 4.23. The van der Waals surface area contributed by atoms with E-state index in [2.05, 4.69) is 21.7 Å². The number of benzene rings is 2.